The maximum atomic E-state index is 6.80. The van der Waals surface area contributed by atoms with Crippen molar-refractivity contribution in [2.75, 3.05) is 13.1 Å². The van der Waals surface area contributed by atoms with Crippen molar-refractivity contribution < 1.29 is 4.74 Å². The summed E-state index contributed by atoms with van der Waals surface area (Å²) in [6.07, 6.45) is 16.8. The Balaban J connectivity index is 1.46. The first-order valence-electron chi connectivity index (χ1n) is 8.65. The van der Waals surface area contributed by atoms with Crippen molar-refractivity contribution in [2.45, 2.75) is 88.3 Å². The molecule has 0 unspecified atom stereocenters. The lowest BCUT2D eigenvalue weighted by molar-refractivity contribution is -0.197. The maximum Gasteiger partial charge on any atom is 0.0814 e. The van der Waals surface area contributed by atoms with Crippen molar-refractivity contribution in [3.8, 4) is 0 Å². The van der Waals surface area contributed by atoms with Crippen LogP contribution < -0.4 is 5.32 Å². The van der Waals surface area contributed by atoms with Crippen molar-refractivity contribution in [2.24, 2.45) is 5.41 Å². The molecule has 0 amide bonds. The molecule has 1 aliphatic heterocycles. The summed E-state index contributed by atoms with van der Waals surface area (Å²) in [5, 5.41) is 3.73. The van der Waals surface area contributed by atoms with E-state index in [2.05, 4.69) is 5.32 Å². The Bertz CT molecular complexity index is 329. The number of nitrogens with one attached hydrogen (secondary N) is 1. The molecule has 3 spiro atoms. The number of hydrogen-bond donors (Lipinski definition) is 1. The standard InChI is InChI=1S/C17H29NO/c1-2-6-15(5-1)9-11-17(12-10-15)14-18-13-16(19-17)7-3-4-8-16/h18H,1-14H2. The topological polar surface area (TPSA) is 21.3 Å². The van der Waals surface area contributed by atoms with E-state index in [1.165, 1.54) is 77.0 Å². The molecule has 1 N–H and O–H groups in total. The number of ether oxygens (including phenoxy) is 1. The second-order valence-corrected chi connectivity index (χ2v) is 7.99. The summed E-state index contributed by atoms with van der Waals surface area (Å²) >= 11 is 0. The maximum absolute atomic E-state index is 6.80. The first-order valence-corrected chi connectivity index (χ1v) is 8.65. The smallest absolute Gasteiger partial charge is 0.0814 e. The number of rotatable bonds is 0. The molecule has 0 aromatic carbocycles. The van der Waals surface area contributed by atoms with Crippen LogP contribution in [0, 0.1) is 5.41 Å². The highest BCUT2D eigenvalue weighted by Gasteiger charge is 2.51. The molecule has 0 radical (unpaired) electrons. The van der Waals surface area contributed by atoms with Gasteiger partial charge in [0.2, 0.25) is 0 Å². The van der Waals surface area contributed by atoms with Gasteiger partial charge >= 0.3 is 0 Å². The lowest BCUT2D eigenvalue weighted by atomic mass is 9.67. The summed E-state index contributed by atoms with van der Waals surface area (Å²) in [5.41, 5.74) is 1.16. The van der Waals surface area contributed by atoms with E-state index < -0.39 is 0 Å². The van der Waals surface area contributed by atoms with E-state index in [-0.39, 0.29) is 11.2 Å². The van der Waals surface area contributed by atoms with Crippen molar-refractivity contribution in [1.82, 2.24) is 5.32 Å². The summed E-state index contributed by atoms with van der Waals surface area (Å²) in [4.78, 5) is 0. The molecule has 4 fully saturated rings. The third kappa shape index (κ3) is 2.15. The van der Waals surface area contributed by atoms with Gasteiger partial charge in [0.25, 0.3) is 0 Å². The van der Waals surface area contributed by atoms with E-state index in [0.717, 1.165) is 18.5 Å². The van der Waals surface area contributed by atoms with Gasteiger partial charge in [-0.3, -0.25) is 0 Å². The minimum Gasteiger partial charge on any atom is -0.366 e. The van der Waals surface area contributed by atoms with Crippen molar-refractivity contribution in [3.63, 3.8) is 0 Å². The van der Waals surface area contributed by atoms with Gasteiger partial charge in [0.1, 0.15) is 0 Å². The first kappa shape index (κ1) is 12.6. The van der Waals surface area contributed by atoms with E-state index in [0.29, 0.717) is 0 Å². The summed E-state index contributed by atoms with van der Waals surface area (Å²) in [5.74, 6) is 0. The summed E-state index contributed by atoms with van der Waals surface area (Å²) in [6.45, 7) is 2.23. The quantitative estimate of drug-likeness (QED) is 0.718. The van der Waals surface area contributed by atoms with Gasteiger partial charge in [-0.1, -0.05) is 25.7 Å². The Labute approximate surface area is 117 Å². The van der Waals surface area contributed by atoms with Crippen LogP contribution in [0.15, 0.2) is 0 Å². The van der Waals surface area contributed by atoms with Crippen LogP contribution in [0.5, 0.6) is 0 Å². The normalized spacial score (nSPS) is 35.4. The third-order valence-corrected chi connectivity index (χ3v) is 6.73. The van der Waals surface area contributed by atoms with Crippen molar-refractivity contribution >= 4 is 0 Å². The lowest BCUT2D eigenvalue weighted by Gasteiger charge is -2.52. The predicted molar refractivity (Wildman–Crippen MR) is 77.3 cm³/mol. The minimum absolute atomic E-state index is 0.205. The molecule has 2 heteroatoms. The van der Waals surface area contributed by atoms with Crippen LogP contribution >= 0.6 is 0 Å². The van der Waals surface area contributed by atoms with Gasteiger partial charge in [-0.15, -0.1) is 0 Å². The molecule has 3 saturated carbocycles. The average molecular weight is 263 g/mol. The molecule has 108 valence electrons. The minimum atomic E-state index is 0.205. The van der Waals surface area contributed by atoms with Gasteiger partial charge in [-0.05, 0) is 56.8 Å². The monoisotopic (exact) mass is 263 g/mol. The largest absolute Gasteiger partial charge is 0.366 e. The van der Waals surface area contributed by atoms with Crippen LogP contribution in [0.3, 0.4) is 0 Å². The number of morpholine rings is 1. The fourth-order valence-corrected chi connectivity index (χ4v) is 5.49. The van der Waals surface area contributed by atoms with Gasteiger partial charge in [-0.2, -0.15) is 0 Å². The van der Waals surface area contributed by atoms with Gasteiger partial charge in [0.15, 0.2) is 0 Å². The Morgan fingerprint density at radius 3 is 1.74 bits per heavy atom. The van der Waals surface area contributed by atoms with Crippen molar-refractivity contribution in [1.29, 1.82) is 0 Å². The first-order chi connectivity index (χ1) is 9.24. The Morgan fingerprint density at radius 1 is 0.579 bits per heavy atom. The zero-order valence-electron chi connectivity index (χ0n) is 12.3. The molecule has 3 aliphatic carbocycles. The van der Waals surface area contributed by atoms with Crippen LogP contribution in [0.1, 0.15) is 77.0 Å². The number of hydrogen-bond acceptors (Lipinski definition) is 2. The van der Waals surface area contributed by atoms with Gasteiger partial charge < -0.3 is 10.1 Å². The highest BCUT2D eigenvalue weighted by atomic mass is 16.5. The summed E-state index contributed by atoms with van der Waals surface area (Å²) in [7, 11) is 0. The van der Waals surface area contributed by atoms with Crippen LogP contribution in [0.2, 0.25) is 0 Å². The SMILES string of the molecule is C1CCC2(C1)CCC1(CC2)CNCC2(CCCC2)O1. The van der Waals surface area contributed by atoms with Crippen LogP contribution in [0.25, 0.3) is 0 Å². The molecule has 1 heterocycles. The average Bonchev–Trinajstić information content (AvgIpc) is 3.05. The molecule has 0 bridgehead atoms. The highest BCUT2D eigenvalue weighted by molar-refractivity contribution is 5.03. The second kappa shape index (κ2) is 4.46. The zero-order valence-corrected chi connectivity index (χ0v) is 12.3. The lowest BCUT2D eigenvalue weighted by Crippen LogP contribution is -2.61. The summed E-state index contributed by atoms with van der Waals surface area (Å²) < 4.78 is 6.80. The van der Waals surface area contributed by atoms with Crippen LogP contribution in [-0.2, 0) is 4.74 Å². The Morgan fingerprint density at radius 2 is 1.11 bits per heavy atom. The van der Waals surface area contributed by atoms with E-state index in [1.807, 2.05) is 0 Å². The molecule has 2 nitrogen and oxygen atoms in total. The van der Waals surface area contributed by atoms with Gasteiger partial charge in [0, 0.05) is 13.1 Å². The third-order valence-electron chi connectivity index (χ3n) is 6.73. The molecule has 4 aliphatic rings. The van der Waals surface area contributed by atoms with E-state index >= 15 is 0 Å². The molecule has 1 saturated heterocycles. The molecular formula is C17H29NO. The van der Waals surface area contributed by atoms with E-state index in [9.17, 15) is 0 Å². The Kier molecular flexibility index (Phi) is 2.97. The van der Waals surface area contributed by atoms with Gasteiger partial charge in [0.05, 0.1) is 11.2 Å². The Hall–Kier alpha value is -0.0800. The fraction of sp³-hybridized carbons (Fsp3) is 1.00. The predicted octanol–water partition coefficient (Wildman–Crippen LogP) is 3.79. The molecule has 0 atom stereocenters. The van der Waals surface area contributed by atoms with Crippen LogP contribution in [-0.4, -0.2) is 24.3 Å². The fourth-order valence-electron chi connectivity index (χ4n) is 5.49. The van der Waals surface area contributed by atoms with Gasteiger partial charge in [-0.25, -0.2) is 0 Å². The molecule has 19 heavy (non-hydrogen) atoms. The van der Waals surface area contributed by atoms with E-state index in [1.54, 1.807) is 0 Å². The van der Waals surface area contributed by atoms with E-state index in [4.69, 9.17) is 4.74 Å². The van der Waals surface area contributed by atoms with Crippen LogP contribution in [0.4, 0.5) is 0 Å². The molecule has 0 aromatic heterocycles. The highest BCUT2D eigenvalue weighted by Crippen LogP contribution is 2.54. The second-order valence-electron chi connectivity index (χ2n) is 7.99. The molecule has 0 aromatic rings. The molecule has 4 rings (SSSR count). The molecular weight excluding hydrogens is 234 g/mol. The van der Waals surface area contributed by atoms with Crippen molar-refractivity contribution in [3.05, 3.63) is 0 Å². The zero-order chi connectivity index (χ0) is 12.8. The summed E-state index contributed by atoms with van der Waals surface area (Å²) in [6, 6.07) is 0.